The predicted molar refractivity (Wildman–Crippen MR) is 224 cm³/mol. The van der Waals surface area contributed by atoms with Crippen LogP contribution < -0.4 is 0 Å². The Hall–Kier alpha value is -6.75. The van der Waals surface area contributed by atoms with Gasteiger partial charge in [-0.05, 0) is 62.4 Å². The summed E-state index contributed by atoms with van der Waals surface area (Å²) in [7, 11) is 0. The fourth-order valence-corrected chi connectivity index (χ4v) is 9.84. The van der Waals surface area contributed by atoms with Gasteiger partial charge in [-0.1, -0.05) is 170 Å². The summed E-state index contributed by atoms with van der Waals surface area (Å²) in [5, 5.41) is 4.78. The van der Waals surface area contributed by atoms with Gasteiger partial charge >= 0.3 is 0 Å². The molecular weight excluding hydrogens is 675 g/mol. The number of thiophene rings is 1. The molecule has 0 radical (unpaired) electrons. The molecule has 0 fully saturated rings. The van der Waals surface area contributed by atoms with Gasteiger partial charge in [0.1, 0.15) is 0 Å². The van der Waals surface area contributed by atoms with Crippen LogP contribution in [0.5, 0.6) is 0 Å². The van der Waals surface area contributed by atoms with Crippen LogP contribution in [0.25, 0.3) is 76.2 Å². The minimum atomic E-state index is -0.558. The number of benzene rings is 8. The highest BCUT2D eigenvalue weighted by molar-refractivity contribution is 7.25. The van der Waals surface area contributed by atoms with Crippen molar-refractivity contribution in [3.8, 4) is 45.3 Å². The van der Waals surface area contributed by atoms with Gasteiger partial charge in [0, 0.05) is 36.9 Å². The summed E-state index contributed by atoms with van der Waals surface area (Å²) in [6.07, 6.45) is 0. The van der Waals surface area contributed by atoms with E-state index >= 15 is 0 Å². The van der Waals surface area contributed by atoms with E-state index in [9.17, 15) is 0 Å². The molecule has 3 nitrogen and oxygen atoms in total. The third-order valence-electron chi connectivity index (χ3n) is 11.0. The van der Waals surface area contributed by atoms with Crippen LogP contribution in [0.1, 0.15) is 22.3 Å². The first kappa shape index (κ1) is 30.8. The molecule has 0 saturated heterocycles. The molecule has 2 heterocycles. The normalized spacial score (nSPS) is 13.0. The molecule has 0 amide bonds. The van der Waals surface area contributed by atoms with Crippen molar-refractivity contribution in [3.05, 3.63) is 210 Å². The van der Waals surface area contributed by atoms with Crippen LogP contribution in [0.4, 0.5) is 0 Å². The van der Waals surface area contributed by atoms with E-state index in [2.05, 4.69) is 170 Å². The molecule has 0 aliphatic heterocycles. The van der Waals surface area contributed by atoms with Crippen molar-refractivity contribution in [1.82, 2.24) is 15.0 Å². The maximum absolute atomic E-state index is 5.44. The molecule has 2 aromatic heterocycles. The maximum atomic E-state index is 5.44. The molecule has 8 aromatic carbocycles. The molecule has 0 spiro atoms. The van der Waals surface area contributed by atoms with Crippen LogP contribution >= 0.6 is 11.3 Å². The van der Waals surface area contributed by atoms with Crippen LogP contribution in [0, 0.1) is 0 Å². The number of hydrogen-bond acceptors (Lipinski definition) is 4. The van der Waals surface area contributed by atoms with E-state index in [4.69, 9.17) is 15.0 Å². The zero-order valence-corrected chi connectivity index (χ0v) is 30.0. The highest BCUT2D eigenvalue weighted by Gasteiger charge is 2.47. The SMILES string of the molecule is c1ccc(-c2nc(-c3ccc4c(c3)sc3ccccc34)nc(-c3c4c(cc5ccccc35)C(c3ccccc3)(c3ccccc3)c3ccccc3-4)n2)cc1. The number of rotatable bonds is 5. The number of hydrogen-bond donors (Lipinski definition) is 0. The van der Waals surface area contributed by atoms with Crippen molar-refractivity contribution in [2.75, 3.05) is 0 Å². The minimum Gasteiger partial charge on any atom is -0.208 e. The average molecular weight is 706 g/mol. The lowest BCUT2D eigenvalue weighted by Gasteiger charge is -2.34. The maximum Gasteiger partial charge on any atom is 0.165 e. The van der Waals surface area contributed by atoms with Gasteiger partial charge in [0.05, 0.1) is 5.41 Å². The molecule has 1 aliphatic carbocycles. The molecule has 54 heavy (non-hydrogen) atoms. The Morgan fingerprint density at radius 2 is 0.944 bits per heavy atom. The second kappa shape index (κ2) is 12.2. The van der Waals surface area contributed by atoms with Crippen molar-refractivity contribution in [2.24, 2.45) is 0 Å². The van der Waals surface area contributed by atoms with Crippen molar-refractivity contribution in [3.63, 3.8) is 0 Å². The highest BCUT2D eigenvalue weighted by atomic mass is 32.1. The van der Waals surface area contributed by atoms with Crippen LogP contribution in [-0.4, -0.2) is 15.0 Å². The minimum absolute atomic E-state index is 0.558. The Kier molecular flexibility index (Phi) is 6.94. The predicted octanol–water partition coefficient (Wildman–Crippen LogP) is 12.8. The van der Waals surface area contributed by atoms with E-state index in [0.29, 0.717) is 17.5 Å². The Morgan fingerprint density at radius 3 is 1.70 bits per heavy atom. The third kappa shape index (κ3) is 4.57. The standard InChI is InChI=1S/C50H31N3S/c1-4-16-32(17-5-1)47-51-48(34-28-29-39-38-24-13-15-27-43(38)54-44(39)31-34)53-49(52-47)46-37-23-11-10-18-33(37)30-42-45(46)40-25-12-14-26-41(40)50(42,35-19-6-2-7-20-35)36-21-8-3-9-22-36/h1-31H. The molecule has 0 bridgehead atoms. The molecular formula is C50H31N3S. The second-order valence-corrected chi connectivity index (χ2v) is 15.0. The first-order chi connectivity index (χ1) is 26.8. The summed E-state index contributed by atoms with van der Waals surface area (Å²) in [6.45, 7) is 0. The zero-order chi connectivity index (χ0) is 35.6. The monoisotopic (exact) mass is 705 g/mol. The Morgan fingerprint density at radius 1 is 0.370 bits per heavy atom. The lowest BCUT2D eigenvalue weighted by Crippen LogP contribution is -2.28. The summed E-state index contributed by atoms with van der Waals surface area (Å²) >= 11 is 1.81. The summed E-state index contributed by atoms with van der Waals surface area (Å²) in [5.41, 5.74) is 9.66. The molecule has 0 unspecified atom stereocenters. The first-order valence-corrected chi connectivity index (χ1v) is 19.1. The van der Waals surface area contributed by atoms with Crippen LogP contribution in [0.15, 0.2) is 188 Å². The molecule has 252 valence electrons. The number of aromatic nitrogens is 3. The van der Waals surface area contributed by atoms with Crippen molar-refractivity contribution < 1.29 is 0 Å². The molecule has 0 atom stereocenters. The molecule has 1 aliphatic rings. The highest BCUT2D eigenvalue weighted by Crippen LogP contribution is 2.59. The topological polar surface area (TPSA) is 38.7 Å². The summed E-state index contributed by atoms with van der Waals surface area (Å²) in [5.74, 6) is 1.97. The molecule has 0 saturated carbocycles. The van der Waals surface area contributed by atoms with E-state index in [1.54, 1.807) is 11.3 Å². The molecule has 0 N–H and O–H groups in total. The fourth-order valence-electron chi connectivity index (χ4n) is 8.69. The average Bonchev–Trinajstić information content (AvgIpc) is 3.77. The lowest BCUT2D eigenvalue weighted by atomic mass is 9.67. The number of nitrogens with zero attached hydrogens (tertiary/aromatic N) is 3. The summed E-state index contributed by atoms with van der Waals surface area (Å²) in [6, 6.07) is 67.4. The lowest BCUT2D eigenvalue weighted by molar-refractivity contribution is 0.769. The van der Waals surface area contributed by atoms with E-state index < -0.39 is 5.41 Å². The van der Waals surface area contributed by atoms with E-state index in [1.165, 1.54) is 48.0 Å². The second-order valence-electron chi connectivity index (χ2n) is 13.9. The largest absolute Gasteiger partial charge is 0.208 e. The quantitative estimate of drug-likeness (QED) is 0.179. The smallest absolute Gasteiger partial charge is 0.165 e. The van der Waals surface area contributed by atoms with Crippen molar-refractivity contribution in [1.29, 1.82) is 0 Å². The third-order valence-corrected chi connectivity index (χ3v) is 12.1. The fraction of sp³-hybridized carbons (Fsp3) is 0.0200. The van der Waals surface area contributed by atoms with Gasteiger partial charge in [0.25, 0.3) is 0 Å². The van der Waals surface area contributed by atoms with Gasteiger partial charge in [-0.25, -0.2) is 15.0 Å². The Bertz CT molecular complexity index is 3000. The van der Waals surface area contributed by atoms with Gasteiger partial charge < -0.3 is 0 Å². The molecule has 11 rings (SSSR count). The molecule has 4 heteroatoms. The van der Waals surface area contributed by atoms with E-state index in [0.717, 1.165) is 33.0 Å². The Balaban J connectivity index is 1.25. The zero-order valence-electron chi connectivity index (χ0n) is 29.1. The summed E-state index contributed by atoms with van der Waals surface area (Å²) < 4.78 is 2.49. The van der Waals surface area contributed by atoms with Gasteiger partial charge in [0.15, 0.2) is 17.5 Å². The van der Waals surface area contributed by atoms with Crippen molar-refractivity contribution >= 4 is 42.3 Å². The first-order valence-electron chi connectivity index (χ1n) is 18.3. The number of fused-ring (bicyclic) bond motifs is 7. The van der Waals surface area contributed by atoms with E-state index in [1.807, 2.05) is 18.2 Å². The van der Waals surface area contributed by atoms with Gasteiger partial charge in [-0.15, -0.1) is 11.3 Å². The van der Waals surface area contributed by atoms with E-state index in [-0.39, 0.29) is 0 Å². The summed E-state index contributed by atoms with van der Waals surface area (Å²) in [4.78, 5) is 16.0. The van der Waals surface area contributed by atoms with Gasteiger partial charge in [0.2, 0.25) is 0 Å². The van der Waals surface area contributed by atoms with Gasteiger partial charge in [-0.2, -0.15) is 0 Å². The van der Waals surface area contributed by atoms with Crippen LogP contribution in [0.2, 0.25) is 0 Å². The Labute approximate surface area is 316 Å². The van der Waals surface area contributed by atoms with Gasteiger partial charge in [-0.3, -0.25) is 0 Å². The molecule has 10 aromatic rings. The van der Waals surface area contributed by atoms with Crippen LogP contribution in [0.3, 0.4) is 0 Å². The van der Waals surface area contributed by atoms with Crippen molar-refractivity contribution in [2.45, 2.75) is 5.41 Å². The van der Waals surface area contributed by atoms with Crippen LogP contribution in [-0.2, 0) is 5.41 Å².